The van der Waals surface area contributed by atoms with E-state index in [9.17, 15) is 4.39 Å². The van der Waals surface area contributed by atoms with Crippen LogP contribution in [0.5, 0.6) is 0 Å². The third-order valence-corrected chi connectivity index (χ3v) is 3.74. The van der Waals surface area contributed by atoms with Gasteiger partial charge in [0.05, 0.1) is 6.10 Å². The molecular formula is C15H23FN2O. The zero-order chi connectivity index (χ0) is 13.5. The summed E-state index contributed by atoms with van der Waals surface area (Å²) < 4.78 is 18.6. The zero-order valence-corrected chi connectivity index (χ0v) is 11.3. The van der Waals surface area contributed by atoms with Gasteiger partial charge in [0.1, 0.15) is 5.82 Å². The van der Waals surface area contributed by atoms with Gasteiger partial charge in [0.2, 0.25) is 0 Å². The van der Waals surface area contributed by atoms with Crippen LogP contribution in [0.1, 0.15) is 37.7 Å². The van der Waals surface area contributed by atoms with E-state index in [1.807, 2.05) is 12.1 Å². The van der Waals surface area contributed by atoms with Crippen LogP contribution in [-0.2, 0) is 11.2 Å². The molecule has 106 valence electrons. The summed E-state index contributed by atoms with van der Waals surface area (Å²) in [6.45, 7) is 0.892. The van der Waals surface area contributed by atoms with Crippen LogP contribution in [0.2, 0.25) is 0 Å². The molecule has 1 heterocycles. The van der Waals surface area contributed by atoms with Gasteiger partial charge in [-0.2, -0.15) is 0 Å². The average Bonchev–Trinajstić information content (AvgIpc) is 2.46. The number of benzene rings is 1. The van der Waals surface area contributed by atoms with E-state index in [0.717, 1.165) is 37.9 Å². The number of hydrogen-bond acceptors (Lipinski definition) is 3. The smallest absolute Gasteiger partial charge is 0.123 e. The molecule has 1 fully saturated rings. The topological polar surface area (TPSA) is 47.3 Å². The van der Waals surface area contributed by atoms with Crippen molar-refractivity contribution >= 4 is 0 Å². The maximum absolute atomic E-state index is 12.8. The maximum atomic E-state index is 12.8. The van der Waals surface area contributed by atoms with Crippen LogP contribution in [-0.4, -0.2) is 18.8 Å². The molecule has 3 nitrogen and oxygen atoms in total. The van der Waals surface area contributed by atoms with Crippen molar-refractivity contribution < 1.29 is 9.13 Å². The minimum absolute atomic E-state index is 0.198. The van der Waals surface area contributed by atoms with Crippen molar-refractivity contribution in [2.45, 2.75) is 50.7 Å². The second-order valence-electron chi connectivity index (χ2n) is 5.26. The largest absolute Gasteiger partial charge is 0.378 e. The van der Waals surface area contributed by atoms with Gasteiger partial charge in [-0.3, -0.25) is 11.3 Å². The Morgan fingerprint density at radius 3 is 2.74 bits per heavy atom. The number of hydrazine groups is 1. The van der Waals surface area contributed by atoms with E-state index in [-0.39, 0.29) is 11.9 Å². The molecule has 0 bridgehead atoms. The number of nitrogens with one attached hydrogen (secondary N) is 1. The first-order chi connectivity index (χ1) is 9.28. The summed E-state index contributed by atoms with van der Waals surface area (Å²) in [5, 5.41) is 0. The highest BCUT2D eigenvalue weighted by Gasteiger charge is 2.16. The Labute approximate surface area is 114 Å². The van der Waals surface area contributed by atoms with Gasteiger partial charge in [-0.15, -0.1) is 0 Å². The van der Waals surface area contributed by atoms with Crippen LogP contribution in [0, 0.1) is 5.82 Å². The molecule has 19 heavy (non-hydrogen) atoms. The van der Waals surface area contributed by atoms with Crippen LogP contribution in [0.15, 0.2) is 24.3 Å². The maximum Gasteiger partial charge on any atom is 0.123 e. The molecule has 0 spiro atoms. The van der Waals surface area contributed by atoms with Gasteiger partial charge in [0.15, 0.2) is 0 Å². The Bertz CT molecular complexity index is 363. The summed E-state index contributed by atoms with van der Waals surface area (Å²) in [4.78, 5) is 0. The summed E-state index contributed by atoms with van der Waals surface area (Å²) >= 11 is 0. The summed E-state index contributed by atoms with van der Waals surface area (Å²) in [6.07, 6.45) is 6.85. The molecule has 0 radical (unpaired) electrons. The highest BCUT2D eigenvalue weighted by molar-refractivity contribution is 5.17. The van der Waals surface area contributed by atoms with E-state index < -0.39 is 0 Å². The van der Waals surface area contributed by atoms with Gasteiger partial charge in [-0.1, -0.05) is 12.1 Å². The first-order valence-electron chi connectivity index (χ1n) is 7.10. The minimum atomic E-state index is -0.198. The Kier molecular flexibility index (Phi) is 5.76. The molecule has 1 aromatic carbocycles. The lowest BCUT2D eigenvalue weighted by molar-refractivity contribution is 0.00858. The Morgan fingerprint density at radius 1 is 1.32 bits per heavy atom. The standard InChI is InChI=1S/C15H23FN2O/c16-13-6-4-12(5-7-13)11-14(18-17)8-9-15-3-1-2-10-19-15/h4-7,14-15,18H,1-3,8-11,17H2. The highest BCUT2D eigenvalue weighted by Crippen LogP contribution is 2.18. The Hall–Kier alpha value is -0.970. The lowest BCUT2D eigenvalue weighted by atomic mass is 9.98. The molecule has 0 aromatic heterocycles. The predicted octanol–water partition coefficient (Wildman–Crippen LogP) is 2.55. The third kappa shape index (κ3) is 4.90. The van der Waals surface area contributed by atoms with Crippen molar-refractivity contribution in [3.05, 3.63) is 35.6 Å². The lowest BCUT2D eigenvalue weighted by Crippen LogP contribution is -2.37. The van der Waals surface area contributed by atoms with E-state index in [1.54, 1.807) is 0 Å². The van der Waals surface area contributed by atoms with Crippen LogP contribution in [0.4, 0.5) is 4.39 Å². The molecule has 1 aliphatic heterocycles. The Morgan fingerprint density at radius 2 is 2.11 bits per heavy atom. The van der Waals surface area contributed by atoms with Crippen molar-refractivity contribution in [2.75, 3.05) is 6.61 Å². The monoisotopic (exact) mass is 266 g/mol. The first-order valence-corrected chi connectivity index (χ1v) is 7.10. The molecule has 0 aliphatic carbocycles. The molecule has 1 aromatic rings. The first kappa shape index (κ1) is 14.4. The molecular weight excluding hydrogens is 243 g/mol. The van der Waals surface area contributed by atoms with Gasteiger partial charge in [-0.25, -0.2) is 4.39 Å². The molecule has 2 unspecified atom stereocenters. The molecule has 1 aliphatic rings. The molecule has 2 atom stereocenters. The number of rotatable bonds is 6. The van der Waals surface area contributed by atoms with Crippen molar-refractivity contribution in [1.82, 2.24) is 5.43 Å². The van der Waals surface area contributed by atoms with E-state index in [2.05, 4.69) is 5.43 Å². The number of nitrogens with two attached hydrogens (primary N) is 1. The van der Waals surface area contributed by atoms with Crippen molar-refractivity contribution in [2.24, 2.45) is 5.84 Å². The number of halogens is 1. The molecule has 2 rings (SSSR count). The third-order valence-electron chi connectivity index (χ3n) is 3.74. The van der Waals surface area contributed by atoms with Gasteiger partial charge >= 0.3 is 0 Å². The zero-order valence-electron chi connectivity index (χ0n) is 11.3. The van der Waals surface area contributed by atoms with Gasteiger partial charge in [-0.05, 0) is 56.2 Å². The summed E-state index contributed by atoms with van der Waals surface area (Å²) in [5.41, 5.74) is 3.96. The van der Waals surface area contributed by atoms with E-state index in [1.165, 1.54) is 25.0 Å². The molecule has 0 amide bonds. The summed E-state index contributed by atoms with van der Waals surface area (Å²) in [6, 6.07) is 6.84. The van der Waals surface area contributed by atoms with Gasteiger partial charge < -0.3 is 4.74 Å². The van der Waals surface area contributed by atoms with E-state index in [4.69, 9.17) is 10.6 Å². The molecule has 1 saturated heterocycles. The van der Waals surface area contributed by atoms with Gasteiger partial charge in [0.25, 0.3) is 0 Å². The SMILES string of the molecule is NNC(CCC1CCCCO1)Cc1ccc(F)cc1. The second kappa shape index (κ2) is 7.58. The number of ether oxygens (including phenoxy) is 1. The molecule has 3 N–H and O–H groups in total. The van der Waals surface area contributed by atoms with E-state index >= 15 is 0 Å². The fourth-order valence-electron chi connectivity index (χ4n) is 2.57. The molecule has 4 heteroatoms. The summed E-state index contributed by atoms with van der Waals surface area (Å²) in [7, 11) is 0. The quantitative estimate of drug-likeness (QED) is 0.614. The summed E-state index contributed by atoms with van der Waals surface area (Å²) in [5.74, 6) is 5.40. The van der Waals surface area contributed by atoms with Crippen LogP contribution in [0.3, 0.4) is 0 Å². The second-order valence-corrected chi connectivity index (χ2v) is 5.26. The number of hydrogen-bond donors (Lipinski definition) is 2. The van der Waals surface area contributed by atoms with E-state index in [0.29, 0.717) is 6.10 Å². The predicted molar refractivity (Wildman–Crippen MR) is 74.0 cm³/mol. The highest BCUT2D eigenvalue weighted by atomic mass is 19.1. The van der Waals surface area contributed by atoms with Crippen LogP contribution < -0.4 is 11.3 Å². The van der Waals surface area contributed by atoms with Crippen LogP contribution in [0.25, 0.3) is 0 Å². The van der Waals surface area contributed by atoms with Crippen molar-refractivity contribution in [3.63, 3.8) is 0 Å². The normalized spacial score (nSPS) is 21.3. The van der Waals surface area contributed by atoms with Gasteiger partial charge in [0, 0.05) is 12.6 Å². The Balaban J connectivity index is 1.77. The minimum Gasteiger partial charge on any atom is -0.378 e. The molecule has 0 saturated carbocycles. The lowest BCUT2D eigenvalue weighted by Gasteiger charge is -2.24. The van der Waals surface area contributed by atoms with Crippen molar-refractivity contribution in [3.8, 4) is 0 Å². The van der Waals surface area contributed by atoms with Crippen LogP contribution >= 0.6 is 0 Å². The average molecular weight is 266 g/mol. The fourth-order valence-corrected chi connectivity index (χ4v) is 2.57. The van der Waals surface area contributed by atoms with Crippen molar-refractivity contribution in [1.29, 1.82) is 0 Å². The fraction of sp³-hybridized carbons (Fsp3) is 0.600.